The molecule has 0 saturated heterocycles. The monoisotopic (exact) mass is 375 g/mol. The van der Waals surface area contributed by atoms with Crippen LogP contribution in [0, 0.1) is 0 Å². The zero-order chi connectivity index (χ0) is 19.8. The second-order valence-corrected chi connectivity index (χ2v) is 5.66. The molecule has 0 fully saturated rings. The minimum absolute atomic E-state index is 0.255. The van der Waals surface area contributed by atoms with Gasteiger partial charge < -0.3 is 29.0 Å². The Balaban J connectivity index is 2.04. The summed E-state index contributed by atoms with van der Waals surface area (Å²) in [5.74, 6) is 2.38. The van der Waals surface area contributed by atoms with Crippen molar-refractivity contribution in [3.63, 3.8) is 0 Å². The highest BCUT2D eigenvalue weighted by Crippen LogP contribution is 2.38. The zero-order valence-electron chi connectivity index (χ0n) is 16.2. The van der Waals surface area contributed by atoms with E-state index in [1.807, 2.05) is 12.1 Å². The number of hydrogen-bond acceptors (Lipinski definition) is 6. The molecule has 1 amide bonds. The Labute approximate surface area is 159 Å². The van der Waals surface area contributed by atoms with E-state index < -0.39 is 6.10 Å². The summed E-state index contributed by atoms with van der Waals surface area (Å²) in [6.07, 6.45) is -0.691. The van der Waals surface area contributed by atoms with Crippen LogP contribution in [0.25, 0.3) is 0 Å². The summed E-state index contributed by atoms with van der Waals surface area (Å²) >= 11 is 0. The Morgan fingerprint density at radius 3 is 1.96 bits per heavy atom. The molecule has 27 heavy (non-hydrogen) atoms. The van der Waals surface area contributed by atoms with Crippen LogP contribution >= 0.6 is 0 Å². The summed E-state index contributed by atoms with van der Waals surface area (Å²) in [5.41, 5.74) is 0.808. The Hall–Kier alpha value is -3.09. The maximum absolute atomic E-state index is 12.4. The highest BCUT2D eigenvalue weighted by atomic mass is 16.5. The van der Waals surface area contributed by atoms with E-state index in [0.29, 0.717) is 28.7 Å². The van der Waals surface area contributed by atoms with Gasteiger partial charge in [-0.25, -0.2) is 0 Å². The Kier molecular flexibility index (Phi) is 7.16. The fourth-order valence-corrected chi connectivity index (χ4v) is 2.53. The topological polar surface area (TPSA) is 75.3 Å². The minimum Gasteiger partial charge on any atom is -0.493 e. The highest BCUT2D eigenvalue weighted by Gasteiger charge is 2.18. The SMILES string of the molecule is COc1ccccc1OC(C)C(=O)NCc1cc(OC)c(OC)c(OC)c1. The first-order valence-electron chi connectivity index (χ1n) is 8.40. The molecule has 0 aliphatic carbocycles. The fourth-order valence-electron chi connectivity index (χ4n) is 2.53. The largest absolute Gasteiger partial charge is 0.493 e. The van der Waals surface area contributed by atoms with Crippen molar-refractivity contribution in [2.45, 2.75) is 19.6 Å². The van der Waals surface area contributed by atoms with Crippen molar-refractivity contribution in [3.05, 3.63) is 42.0 Å². The van der Waals surface area contributed by atoms with Crippen LogP contribution in [0.3, 0.4) is 0 Å². The van der Waals surface area contributed by atoms with Gasteiger partial charge in [0.15, 0.2) is 29.1 Å². The fraction of sp³-hybridized carbons (Fsp3) is 0.350. The highest BCUT2D eigenvalue weighted by molar-refractivity contribution is 5.80. The van der Waals surface area contributed by atoms with Crippen LogP contribution < -0.4 is 29.0 Å². The van der Waals surface area contributed by atoms with Gasteiger partial charge in [-0.1, -0.05) is 12.1 Å². The van der Waals surface area contributed by atoms with Gasteiger partial charge in [-0.2, -0.15) is 0 Å². The first kappa shape index (κ1) is 20.2. The summed E-state index contributed by atoms with van der Waals surface area (Å²) in [6.45, 7) is 1.96. The molecule has 2 aromatic carbocycles. The van der Waals surface area contributed by atoms with E-state index in [-0.39, 0.29) is 12.5 Å². The van der Waals surface area contributed by atoms with E-state index in [1.165, 1.54) is 0 Å². The van der Waals surface area contributed by atoms with Crippen molar-refractivity contribution in [1.29, 1.82) is 0 Å². The summed E-state index contributed by atoms with van der Waals surface area (Å²) in [5, 5.41) is 2.84. The van der Waals surface area contributed by atoms with Gasteiger partial charge in [0.2, 0.25) is 5.75 Å². The lowest BCUT2D eigenvalue weighted by molar-refractivity contribution is -0.127. The molecular weight excluding hydrogens is 350 g/mol. The Bertz CT molecular complexity index is 752. The third-order valence-corrected chi connectivity index (χ3v) is 3.93. The van der Waals surface area contributed by atoms with Crippen LogP contribution in [-0.2, 0) is 11.3 Å². The van der Waals surface area contributed by atoms with E-state index in [4.69, 9.17) is 23.7 Å². The maximum atomic E-state index is 12.4. The molecule has 2 aromatic rings. The molecule has 0 aliphatic heterocycles. The molecule has 7 nitrogen and oxygen atoms in total. The normalized spacial score (nSPS) is 11.3. The van der Waals surface area contributed by atoms with E-state index >= 15 is 0 Å². The second kappa shape index (κ2) is 9.56. The van der Waals surface area contributed by atoms with E-state index in [1.54, 1.807) is 59.6 Å². The number of para-hydroxylation sites is 2. The molecule has 1 unspecified atom stereocenters. The number of ether oxygens (including phenoxy) is 5. The van der Waals surface area contributed by atoms with Crippen molar-refractivity contribution in [3.8, 4) is 28.7 Å². The van der Waals surface area contributed by atoms with Crippen LogP contribution in [0.5, 0.6) is 28.7 Å². The van der Waals surface area contributed by atoms with Gasteiger partial charge in [0.05, 0.1) is 28.4 Å². The van der Waals surface area contributed by atoms with Crippen LogP contribution in [0.4, 0.5) is 0 Å². The number of amides is 1. The number of carbonyl (C=O) groups is 1. The van der Waals surface area contributed by atoms with Gasteiger partial charge in [0, 0.05) is 6.54 Å². The van der Waals surface area contributed by atoms with Crippen molar-refractivity contribution >= 4 is 5.91 Å². The summed E-state index contributed by atoms with van der Waals surface area (Å²) in [4.78, 5) is 12.4. The van der Waals surface area contributed by atoms with Crippen LogP contribution in [0.15, 0.2) is 36.4 Å². The molecule has 0 heterocycles. The van der Waals surface area contributed by atoms with Gasteiger partial charge in [0.25, 0.3) is 5.91 Å². The lowest BCUT2D eigenvalue weighted by atomic mass is 10.1. The van der Waals surface area contributed by atoms with Crippen LogP contribution in [0.2, 0.25) is 0 Å². The first-order chi connectivity index (χ1) is 13.0. The molecule has 0 bridgehead atoms. The van der Waals surface area contributed by atoms with Gasteiger partial charge >= 0.3 is 0 Å². The molecule has 0 spiro atoms. The van der Waals surface area contributed by atoms with E-state index in [0.717, 1.165) is 5.56 Å². The molecule has 7 heteroatoms. The second-order valence-electron chi connectivity index (χ2n) is 5.66. The van der Waals surface area contributed by atoms with E-state index in [2.05, 4.69) is 5.32 Å². The third kappa shape index (κ3) is 4.97. The number of methoxy groups -OCH3 is 4. The smallest absolute Gasteiger partial charge is 0.261 e. The molecule has 146 valence electrons. The number of hydrogen-bond donors (Lipinski definition) is 1. The Morgan fingerprint density at radius 1 is 0.889 bits per heavy atom. The zero-order valence-corrected chi connectivity index (χ0v) is 16.2. The lowest BCUT2D eigenvalue weighted by Gasteiger charge is -2.17. The molecule has 0 aliphatic rings. The van der Waals surface area contributed by atoms with Crippen molar-refractivity contribution in [2.24, 2.45) is 0 Å². The summed E-state index contributed by atoms with van der Waals surface area (Å²) < 4.78 is 26.9. The molecule has 0 aromatic heterocycles. The lowest BCUT2D eigenvalue weighted by Crippen LogP contribution is -2.36. The quantitative estimate of drug-likeness (QED) is 0.726. The van der Waals surface area contributed by atoms with E-state index in [9.17, 15) is 4.79 Å². The molecule has 0 saturated carbocycles. The average Bonchev–Trinajstić information content (AvgIpc) is 2.71. The molecule has 2 rings (SSSR count). The van der Waals surface area contributed by atoms with Gasteiger partial charge in [-0.3, -0.25) is 4.79 Å². The number of nitrogens with one attached hydrogen (secondary N) is 1. The molecule has 0 radical (unpaired) electrons. The number of benzene rings is 2. The number of carbonyl (C=O) groups excluding carboxylic acids is 1. The first-order valence-corrected chi connectivity index (χ1v) is 8.40. The maximum Gasteiger partial charge on any atom is 0.261 e. The van der Waals surface area contributed by atoms with Gasteiger partial charge in [0.1, 0.15) is 0 Å². The third-order valence-electron chi connectivity index (χ3n) is 3.93. The van der Waals surface area contributed by atoms with Crippen molar-refractivity contribution in [2.75, 3.05) is 28.4 Å². The van der Waals surface area contributed by atoms with Gasteiger partial charge in [-0.05, 0) is 36.8 Å². The molecule has 1 N–H and O–H groups in total. The molecular formula is C20H25NO6. The minimum atomic E-state index is -0.691. The van der Waals surface area contributed by atoms with Crippen molar-refractivity contribution in [1.82, 2.24) is 5.32 Å². The van der Waals surface area contributed by atoms with Gasteiger partial charge in [-0.15, -0.1) is 0 Å². The van der Waals surface area contributed by atoms with Crippen LogP contribution in [0.1, 0.15) is 12.5 Å². The molecule has 1 atom stereocenters. The predicted octanol–water partition coefficient (Wildman–Crippen LogP) is 2.80. The predicted molar refractivity (Wildman–Crippen MR) is 101 cm³/mol. The summed E-state index contributed by atoms with van der Waals surface area (Å²) in [7, 11) is 6.18. The van der Waals surface area contributed by atoms with Crippen LogP contribution in [-0.4, -0.2) is 40.5 Å². The average molecular weight is 375 g/mol. The summed E-state index contributed by atoms with van der Waals surface area (Å²) in [6, 6.07) is 10.7. The number of rotatable bonds is 9. The van der Waals surface area contributed by atoms with Crippen molar-refractivity contribution < 1.29 is 28.5 Å². The Morgan fingerprint density at radius 2 is 1.44 bits per heavy atom. The standard InChI is InChI=1S/C20H25NO6/c1-13(27-16-9-7-6-8-15(16)23-2)20(22)21-12-14-10-17(24-3)19(26-5)18(11-14)25-4/h6-11,13H,12H2,1-5H3,(H,21,22).